The molecule has 0 aliphatic carbocycles. The smallest absolute Gasteiger partial charge is 0.417 e. The number of hydrogen-bond acceptors (Lipinski definition) is 5. The molecule has 2 aromatic rings. The number of esters is 1. The van der Waals surface area contributed by atoms with Gasteiger partial charge in [0, 0.05) is 6.20 Å². The van der Waals surface area contributed by atoms with Crippen molar-refractivity contribution in [2.75, 3.05) is 7.11 Å². The van der Waals surface area contributed by atoms with Gasteiger partial charge < -0.3 is 9.47 Å². The fourth-order valence-corrected chi connectivity index (χ4v) is 2.50. The molecule has 2 aromatic heterocycles. The number of ether oxygens (including phenoxy) is 2. The van der Waals surface area contributed by atoms with Crippen molar-refractivity contribution in [1.82, 2.24) is 4.98 Å². The zero-order valence-electron chi connectivity index (χ0n) is 11.1. The molecule has 0 saturated heterocycles. The van der Waals surface area contributed by atoms with Gasteiger partial charge in [0.2, 0.25) is 0 Å². The van der Waals surface area contributed by atoms with E-state index in [1.165, 1.54) is 7.11 Å². The van der Waals surface area contributed by atoms with Crippen molar-refractivity contribution >= 4 is 28.9 Å². The summed E-state index contributed by atoms with van der Waals surface area (Å²) in [5.74, 6) is -0.300. The molecule has 0 aliphatic rings. The molecule has 0 radical (unpaired) electrons. The second-order valence-electron chi connectivity index (χ2n) is 4.04. The van der Waals surface area contributed by atoms with Crippen molar-refractivity contribution in [3.8, 4) is 5.75 Å². The Balaban J connectivity index is 2.13. The van der Waals surface area contributed by atoms with Crippen molar-refractivity contribution < 1.29 is 27.4 Å². The second kappa shape index (κ2) is 6.53. The van der Waals surface area contributed by atoms with E-state index >= 15 is 0 Å². The highest BCUT2D eigenvalue weighted by Gasteiger charge is 2.31. The number of alkyl halides is 3. The topological polar surface area (TPSA) is 48.4 Å². The van der Waals surface area contributed by atoms with Crippen molar-refractivity contribution in [1.29, 1.82) is 0 Å². The summed E-state index contributed by atoms with van der Waals surface area (Å²) in [4.78, 5) is 15.4. The van der Waals surface area contributed by atoms with Crippen molar-refractivity contribution in [2.24, 2.45) is 0 Å². The second-order valence-corrected chi connectivity index (χ2v) is 5.37. The Hall–Kier alpha value is -1.80. The van der Waals surface area contributed by atoms with E-state index in [0.717, 1.165) is 17.4 Å². The standard InChI is InChI=1S/C13H9ClF3NO3S/c1-20-12(19)11-10(2-3-22-11)21-6-9-8(14)4-7(5-18-9)13(15,16)17/h2-5H,6H2,1H3. The Kier molecular flexibility index (Phi) is 4.92. The fourth-order valence-electron chi connectivity index (χ4n) is 1.53. The van der Waals surface area contributed by atoms with E-state index in [9.17, 15) is 18.0 Å². The molecule has 0 aliphatic heterocycles. The van der Waals surface area contributed by atoms with Gasteiger partial charge in [-0.25, -0.2) is 4.79 Å². The normalized spacial score (nSPS) is 11.3. The molecule has 0 aromatic carbocycles. The first-order valence-electron chi connectivity index (χ1n) is 5.83. The van der Waals surface area contributed by atoms with Gasteiger partial charge in [-0.1, -0.05) is 11.6 Å². The van der Waals surface area contributed by atoms with Crippen LogP contribution < -0.4 is 4.74 Å². The van der Waals surface area contributed by atoms with Crippen LogP contribution in [0.2, 0.25) is 5.02 Å². The van der Waals surface area contributed by atoms with Crippen LogP contribution in [0.15, 0.2) is 23.7 Å². The summed E-state index contributed by atoms with van der Waals surface area (Å²) in [6, 6.07) is 2.33. The van der Waals surface area contributed by atoms with Gasteiger partial charge in [-0.3, -0.25) is 4.98 Å². The lowest BCUT2D eigenvalue weighted by atomic mass is 10.2. The molecule has 0 saturated carbocycles. The van der Waals surface area contributed by atoms with Crippen LogP contribution in [0.1, 0.15) is 20.9 Å². The number of carbonyl (C=O) groups excluding carboxylic acids is 1. The summed E-state index contributed by atoms with van der Waals surface area (Å²) in [7, 11) is 1.24. The van der Waals surface area contributed by atoms with Crippen molar-refractivity contribution in [3.05, 3.63) is 44.9 Å². The maximum atomic E-state index is 12.5. The lowest BCUT2D eigenvalue weighted by Gasteiger charge is -2.10. The van der Waals surface area contributed by atoms with E-state index in [0.29, 0.717) is 6.20 Å². The van der Waals surface area contributed by atoms with E-state index in [4.69, 9.17) is 16.3 Å². The van der Waals surface area contributed by atoms with Crippen LogP contribution in [0.5, 0.6) is 5.75 Å². The highest BCUT2D eigenvalue weighted by molar-refractivity contribution is 7.12. The van der Waals surface area contributed by atoms with Crippen LogP contribution in [0.25, 0.3) is 0 Å². The number of rotatable bonds is 4. The summed E-state index contributed by atoms with van der Waals surface area (Å²) in [5, 5.41) is 1.47. The minimum absolute atomic E-state index is 0.136. The molecule has 22 heavy (non-hydrogen) atoms. The number of hydrogen-bond donors (Lipinski definition) is 0. The van der Waals surface area contributed by atoms with E-state index in [1.54, 1.807) is 11.4 Å². The molecule has 118 valence electrons. The van der Waals surface area contributed by atoms with Gasteiger partial charge in [-0.05, 0) is 17.5 Å². The van der Waals surface area contributed by atoms with E-state index in [-0.39, 0.29) is 28.0 Å². The zero-order valence-corrected chi connectivity index (χ0v) is 12.7. The number of carbonyl (C=O) groups is 1. The highest BCUT2D eigenvalue weighted by atomic mass is 35.5. The number of aromatic nitrogens is 1. The number of thiophene rings is 1. The third kappa shape index (κ3) is 3.69. The Morgan fingerprint density at radius 1 is 1.45 bits per heavy atom. The van der Waals surface area contributed by atoms with Crippen LogP contribution in [-0.4, -0.2) is 18.1 Å². The van der Waals surface area contributed by atoms with Gasteiger partial charge in [-0.15, -0.1) is 11.3 Å². The predicted molar refractivity (Wildman–Crippen MR) is 74.2 cm³/mol. The Bertz CT molecular complexity index is 687. The Morgan fingerprint density at radius 2 is 2.18 bits per heavy atom. The monoisotopic (exact) mass is 351 g/mol. The summed E-state index contributed by atoms with van der Waals surface area (Å²) >= 11 is 6.90. The molecular formula is C13H9ClF3NO3S. The van der Waals surface area contributed by atoms with Crippen LogP contribution in [0.4, 0.5) is 13.2 Å². The Morgan fingerprint density at radius 3 is 2.77 bits per heavy atom. The van der Waals surface area contributed by atoms with Crippen LogP contribution in [-0.2, 0) is 17.5 Å². The average Bonchev–Trinajstić information content (AvgIpc) is 2.92. The summed E-state index contributed by atoms with van der Waals surface area (Å²) in [6.45, 7) is -0.169. The lowest BCUT2D eigenvalue weighted by molar-refractivity contribution is -0.137. The molecule has 2 rings (SSSR count). The molecule has 0 fully saturated rings. The third-order valence-corrected chi connectivity index (χ3v) is 3.81. The maximum absolute atomic E-state index is 12.5. The van der Waals surface area contributed by atoms with E-state index in [2.05, 4.69) is 9.72 Å². The Labute approximate surface area is 132 Å². The molecule has 0 spiro atoms. The summed E-state index contributed by atoms with van der Waals surface area (Å²) < 4.78 is 47.5. The zero-order chi connectivity index (χ0) is 16.3. The quantitative estimate of drug-likeness (QED) is 0.775. The largest absolute Gasteiger partial charge is 0.485 e. The molecule has 0 amide bonds. The minimum Gasteiger partial charge on any atom is -0.485 e. The number of methoxy groups -OCH3 is 1. The number of halogens is 4. The average molecular weight is 352 g/mol. The third-order valence-electron chi connectivity index (χ3n) is 2.61. The van der Waals surface area contributed by atoms with Gasteiger partial charge in [0.1, 0.15) is 12.4 Å². The number of nitrogens with zero attached hydrogens (tertiary/aromatic N) is 1. The van der Waals surface area contributed by atoms with Gasteiger partial charge in [0.25, 0.3) is 0 Å². The molecular weight excluding hydrogens is 343 g/mol. The van der Waals surface area contributed by atoms with Gasteiger partial charge in [-0.2, -0.15) is 13.2 Å². The van der Waals surface area contributed by atoms with Crippen molar-refractivity contribution in [2.45, 2.75) is 12.8 Å². The lowest BCUT2D eigenvalue weighted by Crippen LogP contribution is -2.08. The molecule has 0 N–H and O–H groups in total. The molecule has 9 heteroatoms. The molecule has 0 bridgehead atoms. The van der Waals surface area contributed by atoms with Gasteiger partial charge >= 0.3 is 12.1 Å². The van der Waals surface area contributed by atoms with E-state index in [1.807, 2.05) is 0 Å². The molecule has 4 nitrogen and oxygen atoms in total. The molecule has 0 unspecified atom stereocenters. The fraction of sp³-hybridized carbons (Fsp3) is 0.231. The molecule has 2 heterocycles. The van der Waals surface area contributed by atoms with Crippen molar-refractivity contribution in [3.63, 3.8) is 0 Å². The first-order valence-corrected chi connectivity index (χ1v) is 7.09. The van der Waals surface area contributed by atoms with Gasteiger partial charge in [0.15, 0.2) is 4.88 Å². The highest BCUT2D eigenvalue weighted by Crippen LogP contribution is 2.32. The van der Waals surface area contributed by atoms with Crippen LogP contribution in [0.3, 0.4) is 0 Å². The maximum Gasteiger partial charge on any atom is 0.417 e. The van der Waals surface area contributed by atoms with Crippen LogP contribution in [0, 0.1) is 0 Å². The van der Waals surface area contributed by atoms with Crippen LogP contribution >= 0.6 is 22.9 Å². The first kappa shape index (κ1) is 16.6. The molecule has 0 atom stereocenters. The van der Waals surface area contributed by atoms with E-state index < -0.39 is 17.7 Å². The summed E-state index contributed by atoms with van der Waals surface area (Å²) in [5.41, 5.74) is -0.802. The summed E-state index contributed by atoms with van der Waals surface area (Å²) in [6.07, 6.45) is -3.83. The predicted octanol–water partition coefficient (Wildman–Crippen LogP) is 4.18. The van der Waals surface area contributed by atoms with Gasteiger partial charge in [0.05, 0.1) is 23.4 Å². The number of pyridine rings is 1. The minimum atomic E-state index is -4.51. The SMILES string of the molecule is COC(=O)c1sccc1OCc1ncc(C(F)(F)F)cc1Cl. The first-order chi connectivity index (χ1) is 10.3.